The average molecular weight is 417 g/mol. The minimum Gasteiger partial charge on any atom is -0.382 e. The van der Waals surface area contributed by atoms with Crippen LogP contribution in [-0.4, -0.2) is 30.4 Å². The van der Waals surface area contributed by atoms with Crippen LogP contribution in [0.4, 0.5) is 0 Å². The van der Waals surface area contributed by atoms with Gasteiger partial charge >= 0.3 is 0 Å². The topological polar surface area (TPSA) is 76.1 Å². The van der Waals surface area contributed by atoms with Gasteiger partial charge in [-0.25, -0.2) is 0 Å². The van der Waals surface area contributed by atoms with Crippen LogP contribution in [0.1, 0.15) is 58.3 Å². The van der Waals surface area contributed by atoms with Crippen LogP contribution in [0.2, 0.25) is 0 Å². The van der Waals surface area contributed by atoms with E-state index >= 15 is 0 Å². The van der Waals surface area contributed by atoms with Crippen molar-refractivity contribution >= 4 is 11.9 Å². The maximum absolute atomic E-state index is 6.14. The molecule has 4 nitrogen and oxygen atoms in total. The van der Waals surface area contributed by atoms with Gasteiger partial charge in [-0.1, -0.05) is 55.3 Å². The fourth-order valence-corrected chi connectivity index (χ4v) is 5.71. The van der Waals surface area contributed by atoms with Crippen molar-refractivity contribution in [1.82, 2.24) is 10.0 Å². The van der Waals surface area contributed by atoms with Crippen molar-refractivity contribution in [2.24, 2.45) is 23.3 Å². The highest BCUT2D eigenvalue weighted by molar-refractivity contribution is 7.98. The highest BCUT2D eigenvalue weighted by atomic mass is 32.2. The van der Waals surface area contributed by atoms with Gasteiger partial charge in [-0.05, 0) is 62.9 Å². The molecule has 0 amide bonds. The standard InChI is InChI=1S/C24H40N4S/c1-17(16-27-29-22-12-10-21(26)11-13-22)14-20(15-25)18(2)28-24-9-5-7-19-6-3-4-8-23(19)24/h4,8,10,12,17,20-22,24,27-28H,2-3,5-7,9,11,13-16,25-26H2,1H3. The lowest BCUT2D eigenvalue weighted by atomic mass is 9.82. The molecule has 3 aliphatic carbocycles. The lowest BCUT2D eigenvalue weighted by molar-refractivity contribution is 0.405. The Bertz CT molecular complexity index is 639. The predicted octanol–water partition coefficient (Wildman–Crippen LogP) is 4.17. The van der Waals surface area contributed by atoms with Gasteiger partial charge < -0.3 is 16.8 Å². The number of hydrogen-bond donors (Lipinski definition) is 4. The Kier molecular flexibility index (Phi) is 8.91. The van der Waals surface area contributed by atoms with E-state index in [1.165, 1.54) is 37.7 Å². The van der Waals surface area contributed by atoms with Gasteiger partial charge in [-0.3, -0.25) is 4.72 Å². The largest absolute Gasteiger partial charge is 0.382 e. The van der Waals surface area contributed by atoms with Crippen molar-refractivity contribution in [3.05, 3.63) is 47.7 Å². The van der Waals surface area contributed by atoms with Gasteiger partial charge in [0.05, 0.1) is 6.04 Å². The molecule has 6 N–H and O–H groups in total. The van der Waals surface area contributed by atoms with E-state index in [-0.39, 0.29) is 6.04 Å². The Morgan fingerprint density at radius 3 is 2.90 bits per heavy atom. The molecule has 0 aromatic heterocycles. The van der Waals surface area contributed by atoms with E-state index in [9.17, 15) is 0 Å². The molecular weight excluding hydrogens is 376 g/mol. The summed E-state index contributed by atoms with van der Waals surface area (Å²) in [6, 6.07) is 0.667. The zero-order chi connectivity index (χ0) is 20.6. The van der Waals surface area contributed by atoms with Gasteiger partial charge in [0.25, 0.3) is 0 Å². The van der Waals surface area contributed by atoms with Crippen LogP contribution in [0, 0.1) is 11.8 Å². The third-order valence-electron chi connectivity index (χ3n) is 6.51. The summed E-state index contributed by atoms with van der Waals surface area (Å²) in [4.78, 5) is 0. The van der Waals surface area contributed by atoms with Crippen molar-refractivity contribution in [3.63, 3.8) is 0 Å². The molecule has 5 atom stereocenters. The Labute approximate surface area is 181 Å². The van der Waals surface area contributed by atoms with Crippen LogP contribution >= 0.6 is 11.9 Å². The van der Waals surface area contributed by atoms with E-state index in [2.05, 4.69) is 47.8 Å². The smallest absolute Gasteiger partial charge is 0.0510 e. The summed E-state index contributed by atoms with van der Waals surface area (Å²) in [6.45, 7) is 8.34. The fourth-order valence-electron chi connectivity index (χ4n) is 4.69. The SMILES string of the molecule is C=C(NC1CCCC2=C1C=CCC2)C(CN)CC(C)CNSC1C=CC(N)CC1. The molecule has 0 aromatic rings. The summed E-state index contributed by atoms with van der Waals surface area (Å²) in [5.41, 5.74) is 16.4. The van der Waals surface area contributed by atoms with Crippen molar-refractivity contribution in [2.75, 3.05) is 13.1 Å². The monoisotopic (exact) mass is 416 g/mol. The zero-order valence-corrected chi connectivity index (χ0v) is 18.9. The first-order chi connectivity index (χ1) is 14.1. The molecule has 29 heavy (non-hydrogen) atoms. The Morgan fingerprint density at radius 2 is 2.14 bits per heavy atom. The molecule has 3 rings (SSSR count). The third kappa shape index (κ3) is 6.74. The minimum absolute atomic E-state index is 0.245. The summed E-state index contributed by atoms with van der Waals surface area (Å²) in [5, 5.41) is 4.30. The van der Waals surface area contributed by atoms with Gasteiger partial charge in [0, 0.05) is 36.0 Å². The van der Waals surface area contributed by atoms with E-state index in [0.29, 0.717) is 29.7 Å². The summed E-state index contributed by atoms with van der Waals surface area (Å²) in [6.07, 6.45) is 18.5. The van der Waals surface area contributed by atoms with Crippen LogP contribution < -0.4 is 21.5 Å². The highest BCUT2D eigenvalue weighted by Crippen LogP contribution is 2.33. The van der Waals surface area contributed by atoms with E-state index in [4.69, 9.17) is 11.5 Å². The second-order valence-electron chi connectivity index (χ2n) is 9.02. The van der Waals surface area contributed by atoms with Crippen LogP contribution in [0.5, 0.6) is 0 Å². The molecule has 0 saturated heterocycles. The number of hydrogen-bond acceptors (Lipinski definition) is 5. The second-order valence-corrected chi connectivity index (χ2v) is 10.1. The number of allylic oxidation sites excluding steroid dienone is 2. The molecule has 162 valence electrons. The first kappa shape index (κ1) is 22.7. The second kappa shape index (κ2) is 11.4. The Morgan fingerprint density at radius 1 is 1.28 bits per heavy atom. The van der Waals surface area contributed by atoms with Crippen molar-refractivity contribution < 1.29 is 0 Å². The van der Waals surface area contributed by atoms with Gasteiger partial charge in [-0.15, -0.1) is 0 Å². The predicted molar refractivity (Wildman–Crippen MR) is 127 cm³/mol. The van der Waals surface area contributed by atoms with Crippen molar-refractivity contribution in [1.29, 1.82) is 0 Å². The van der Waals surface area contributed by atoms with Crippen molar-refractivity contribution in [2.45, 2.75) is 75.6 Å². The molecule has 0 radical (unpaired) electrons. The highest BCUT2D eigenvalue weighted by Gasteiger charge is 2.25. The minimum atomic E-state index is 0.245. The van der Waals surface area contributed by atoms with E-state index in [1.54, 1.807) is 5.57 Å². The molecular formula is C24H40N4S. The van der Waals surface area contributed by atoms with Crippen LogP contribution in [-0.2, 0) is 0 Å². The van der Waals surface area contributed by atoms with E-state index in [0.717, 1.165) is 31.5 Å². The summed E-state index contributed by atoms with van der Waals surface area (Å²) in [7, 11) is 0. The maximum atomic E-state index is 6.14. The Balaban J connectivity index is 1.43. The van der Waals surface area contributed by atoms with Gasteiger partial charge in [-0.2, -0.15) is 0 Å². The molecule has 0 aromatic carbocycles. The molecule has 5 unspecified atom stereocenters. The first-order valence-corrected chi connectivity index (χ1v) is 12.3. The van der Waals surface area contributed by atoms with Crippen LogP contribution in [0.3, 0.4) is 0 Å². The third-order valence-corrected chi connectivity index (χ3v) is 7.54. The first-order valence-electron chi connectivity index (χ1n) is 11.4. The van der Waals surface area contributed by atoms with E-state index < -0.39 is 0 Å². The van der Waals surface area contributed by atoms with Crippen LogP contribution in [0.25, 0.3) is 0 Å². The van der Waals surface area contributed by atoms with Crippen molar-refractivity contribution in [3.8, 4) is 0 Å². The fraction of sp³-hybridized carbons (Fsp3) is 0.667. The molecule has 5 heteroatoms. The van der Waals surface area contributed by atoms with Gasteiger partial charge in [0.15, 0.2) is 0 Å². The zero-order valence-electron chi connectivity index (χ0n) is 18.0. The summed E-state index contributed by atoms with van der Waals surface area (Å²) in [5.74, 6) is 0.878. The summed E-state index contributed by atoms with van der Waals surface area (Å²) >= 11 is 1.84. The molecule has 0 spiro atoms. The maximum Gasteiger partial charge on any atom is 0.0510 e. The normalized spacial score (nSPS) is 28.7. The van der Waals surface area contributed by atoms with Gasteiger partial charge in [0.2, 0.25) is 0 Å². The Hall–Kier alpha value is -1.01. The quantitative estimate of drug-likeness (QED) is 0.318. The lowest BCUT2D eigenvalue weighted by Gasteiger charge is -2.33. The molecule has 0 saturated carbocycles. The molecule has 0 fully saturated rings. The molecule has 0 heterocycles. The lowest BCUT2D eigenvalue weighted by Crippen LogP contribution is -2.37. The number of nitrogens with two attached hydrogens (primary N) is 2. The van der Waals surface area contributed by atoms with E-state index in [1.807, 2.05) is 11.9 Å². The number of rotatable bonds is 10. The molecule has 3 aliphatic rings. The molecule has 0 bridgehead atoms. The summed E-state index contributed by atoms with van der Waals surface area (Å²) < 4.78 is 3.57. The van der Waals surface area contributed by atoms with Gasteiger partial charge in [0.1, 0.15) is 0 Å². The average Bonchev–Trinajstić information content (AvgIpc) is 2.73. The number of nitrogens with one attached hydrogen (secondary N) is 2. The molecule has 0 aliphatic heterocycles. The van der Waals surface area contributed by atoms with Crippen LogP contribution in [0.15, 0.2) is 47.7 Å².